The highest BCUT2D eigenvalue weighted by Crippen LogP contribution is 2.50. The number of rotatable bonds is 14. The number of benzene rings is 6. The first-order valence-electron chi connectivity index (χ1n) is 16.1. The van der Waals surface area contributed by atoms with Gasteiger partial charge >= 0.3 is 11.9 Å². The van der Waals surface area contributed by atoms with Gasteiger partial charge in [0.25, 0.3) is 0 Å². The molecule has 0 aliphatic rings. The summed E-state index contributed by atoms with van der Waals surface area (Å²) in [7, 11) is 2.48. The molecule has 50 heavy (non-hydrogen) atoms. The van der Waals surface area contributed by atoms with Crippen LogP contribution in [0.15, 0.2) is 133 Å². The highest BCUT2D eigenvalue weighted by Gasteiger charge is 2.35. The summed E-state index contributed by atoms with van der Waals surface area (Å²) >= 11 is 0. The summed E-state index contributed by atoms with van der Waals surface area (Å²) in [5, 5.41) is 0.747. The van der Waals surface area contributed by atoms with Gasteiger partial charge < -0.3 is 28.4 Å². The van der Waals surface area contributed by atoms with Crippen LogP contribution in [-0.4, -0.2) is 26.2 Å². The highest BCUT2D eigenvalue weighted by atomic mass is 16.5. The molecule has 252 valence electrons. The van der Waals surface area contributed by atoms with Gasteiger partial charge in [0.1, 0.15) is 60.6 Å². The molecule has 0 aromatic heterocycles. The number of hydrogen-bond acceptors (Lipinski definition) is 8. The maximum absolute atomic E-state index is 13.8. The molecule has 0 aliphatic carbocycles. The summed E-state index contributed by atoms with van der Waals surface area (Å²) in [4.78, 5) is 27.6. The summed E-state index contributed by atoms with van der Waals surface area (Å²) in [5.74, 6) is -0.739. The minimum Gasteiger partial charge on any atom is -0.488 e. The lowest BCUT2D eigenvalue weighted by Gasteiger charge is -2.24. The third kappa shape index (κ3) is 7.71. The zero-order valence-electron chi connectivity index (χ0n) is 27.8. The third-order valence-electron chi connectivity index (χ3n) is 7.99. The maximum atomic E-state index is 13.8. The Kier molecular flexibility index (Phi) is 10.9. The zero-order chi connectivity index (χ0) is 34.7. The fourth-order valence-electron chi connectivity index (χ4n) is 5.55. The van der Waals surface area contributed by atoms with E-state index in [9.17, 15) is 9.59 Å². The number of methoxy groups -OCH3 is 2. The van der Waals surface area contributed by atoms with Crippen molar-refractivity contribution < 1.29 is 38.0 Å². The Morgan fingerprint density at radius 1 is 0.400 bits per heavy atom. The fraction of sp³-hybridized carbons (Fsp3) is 0.143. The summed E-state index contributed by atoms with van der Waals surface area (Å²) < 4.78 is 36.5. The molecule has 0 saturated heterocycles. The van der Waals surface area contributed by atoms with E-state index in [1.54, 1.807) is 12.1 Å². The number of fused-ring (bicyclic) bond motifs is 1. The van der Waals surface area contributed by atoms with Crippen LogP contribution in [0.25, 0.3) is 10.8 Å². The largest absolute Gasteiger partial charge is 0.488 e. The van der Waals surface area contributed by atoms with E-state index in [-0.39, 0.29) is 49.1 Å². The molecular weight excluding hydrogens is 632 g/mol. The normalized spacial score (nSPS) is 10.7. The van der Waals surface area contributed by atoms with Crippen LogP contribution in [-0.2, 0) is 35.9 Å². The van der Waals surface area contributed by atoms with E-state index in [0.717, 1.165) is 22.3 Å². The average Bonchev–Trinajstić information content (AvgIpc) is 3.18. The van der Waals surface area contributed by atoms with E-state index in [1.165, 1.54) is 14.2 Å². The maximum Gasteiger partial charge on any atom is 0.342 e. The first-order valence-corrected chi connectivity index (χ1v) is 16.1. The summed E-state index contributed by atoms with van der Waals surface area (Å²) in [6.45, 7) is 0.561. The standard InChI is InChI=1S/C42H36O8/c1-45-41(43)37-38(42(44)46-2)40(50-28-32-21-13-6-14-22-32)36-34(48-26-30-17-9-4-10-18-30)24-23-33(47-25-29-15-7-3-8-16-29)35(36)39(37)49-27-31-19-11-5-12-20-31/h3-24H,25-28H2,1-2H3. The summed E-state index contributed by atoms with van der Waals surface area (Å²) in [5.41, 5.74) is 3.21. The molecule has 0 atom stereocenters. The van der Waals surface area contributed by atoms with Crippen molar-refractivity contribution in [3.05, 3.63) is 167 Å². The first kappa shape index (κ1) is 33.6. The molecule has 0 bridgehead atoms. The molecule has 0 radical (unpaired) electrons. The van der Waals surface area contributed by atoms with E-state index in [0.29, 0.717) is 22.3 Å². The second-order valence-electron chi connectivity index (χ2n) is 11.3. The van der Waals surface area contributed by atoms with Gasteiger partial charge in [-0.25, -0.2) is 9.59 Å². The Bertz CT molecular complexity index is 1900. The second-order valence-corrected chi connectivity index (χ2v) is 11.3. The van der Waals surface area contributed by atoms with Crippen LogP contribution in [0.2, 0.25) is 0 Å². The molecule has 0 amide bonds. The number of carbonyl (C=O) groups excluding carboxylic acids is 2. The molecule has 6 aromatic rings. The van der Waals surface area contributed by atoms with Gasteiger partial charge in [-0.2, -0.15) is 0 Å². The van der Waals surface area contributed by atoms with Gasteiger partial charge in [0, 0.05) is 0 Å². The summed E-state index contributed by atoms with van der Waals surface area (Å²) in [6.07, 6.45) is 0. The molecule has 0 saturated carbocycles. The first-order chi connectivity index (χ1) is 24.6. The summed E-state index contributed by atoms with van der Waals surface area (Å²) in [6, 6.07) is 41.9. The van der Waals surface area contributed by atoms with Gasteiger partial charge in [-0.15, -0.1) is 0 Å². The molecule has 8 heteroatoms. The minimum atomic E-state index is -0.815. The smallest absolute Gasteiger partial charge is 0.342 e. The number of hydrogen-bond donors (Lipinski definition) is 0. The van der Waals surface area contributed by atoms with Crippen LogP contribution in [0.3, 0.4) is 0 Å². The predicted octanol–water partition coefficient (Wildman–Crippen LogP) is 8.73. The van der Waals surface area contributed by atoms with E-state index < -0.39 is 11.9 Å². The van der Waals surface area contributed by atoms with Crippen molar-refractivity contribution in [2.24, 2.45) is 0 Å². The topological polar surface area (TPSA) is 89.5 Å². The van der Waals surface area contributed by atoms with Crippen molar-refractivity contribution in [1.82, 2.24) is 0 Å². The van der Waals surface area contributed by atoms with Crippen molar-refractivity contribution in [2.75, 3.05) is 14.2 Å². The van der Waals surface area contributed by atoms with Crippen LogP contribution in [0.4, 0.5) is 0 Å². The van der Waals surface area contributed by atoms with Gasteiger partial charge in [-0.3, -0.25) is 0 Å². The van der Waals surface area contributed by atoms with E-state index in [4.69, 9.17) is 28.4 Å². The molecule has 0 N–H and O–H groups in total. The van der Waals surface area contributed by atoms with Crippen LogP contribution in [0.1, 0.15) is 43.0 Å². The van der Waals surface area contributed by atoms with E-state index in [1.807, 2.05) is 121 Å². The van der Waals surface area contributed by atoms with Gasteiger partial charge in [0.15, 0.2) is 0 Å². The fourth-order valence-corrected chi connectivity index (χ4v) is 5.55. The van der Waals surface area contributed by atoms with Gasteiger partial charge in [0.05, 0.1) is 25.0 Å². The quantitative estimate of drug-likeness (QED) is 0.107. The lowest BCUT2D eigenvalue weighted by molar-refractivity contribution is 0.0547. The Morgan fingerprint density at radius 3 is 0.960 bits per heavy atom. The highest BCUT2D eigenvalue weighted by molar-refractivity contribution is 6.17. The van der Waals surface area contributed by atoms with E-state index >= 15 is 0 Å². The third-order valence-corrected chi connectivity index (χ3v) is 7.99. The lowest BCUT2D eigenvalue weighted by Crippen LogP contribution is -2.17. The lowest BCUT2D eigenvalue weighted by atomic mass is 9.95. The van der Waals surface area contributed by atoms with Gasteiger partial charge in [-0.05, 0) is 34.4 Å². The Balaban J connectivity index is 1.63. The second kappa shape index (κ2) is 16.2. The van der Waals surface area contributed by atoms with Crippen molar-refractivity contribution in [3.8, 4) is 23.0 Å². The zero-order valence-corrected chi connectivity index (χ0v) is 27.8. The Labute approximate surface area is 290 Å². The molecule has 0 fully saturated rings. The minimum absolute atomic E-state index is 0.0661. The van der Waals surface area contributed by atoms with Crippen LogP contribution in [0.5, 0.6) is 23.0 Å². The predicted molar refractivity (Wildman–Crippen MR) is 190 cm³/mol. The Hall–Kier alpha value is -6.28. The molecule has 6 rings (SSSR count). The van der Waals surface area contributed by atoms with Gasteiger partial charge in [0.2, 0.25) is 0 Å². The number of ether oxygens (including phenoxy) is 6. The van der Waals surface area contributed by atoms with E-state index in [2.05, 4.69) is 0 Å². The number of carbonyl (C=O) groups is 2. The average molecular weight is 669 g/mol. The van der Waals surface area contributed by atoms with Crippen molar-refractivity contribution in [1.29, 1.82) is 0 Å². The van der Waals surface area contributed by atoms with Crippen molar-refractivity contribution >= 4 is 22.7 Å². The van der Waals surface area contributed by atoms with Crippen LogP contribution < -0.4 is 18.9 Å². The SMILES string of the molecule is COC(=O)c1c(C(=O)OC)c(OCc2ccccc2)c2c(OCc3ccccc3)ccc(OCc3ccccc3)c2c1OCc1ccccc1. The van der Waals surface area contributed by atoms with Crippen molar-refractivity contribution in [3.63, 3.8) is 0 Å². The molecule has 6 aromatic carbocycles. The van der Waals surface area contributed by atoms with Gasteiger partial charge in [-0.1, -0.05) is 121 Å². The molecule has 0 unspecified atom stereocenters. The van der Waals surface area contributed by atoms with Crippen LogP contribution >= 0.6 is 0 Å². The van der Waals surface area contributed by atoms with Crippen molar-refractivity contribution in [2.45, 2.75) is 26.4 Å². The number of esters is 2. The molecule has 0 heterocycles. The molecule has 0 spiro atoms. The molecule has 0 aliphatic heterocycles. The molecular formula is C42H36O8. The molecule has 8 nitrogen and oxygen atoms in total. The Morgan fingerprint density at radius 2 is 0.680 bits per heavy atom. The monoisotopic (exact) mass is 668 g/mol. The van der Waals surface area contributed by atoms with Crippen LogP contribution in [0, 0.1) is 0 Å².